The van der Waals surface area contributed by atoms with Gasteiger partial charge in [0.1, 0.15) is 5.60 Å². The molecular weight excluding hydrogens is 566 g/mol. The number of carbonyl (C=O) groups is 4. The molecule has 1 aromatic rings. The summed E-state index contributed by atoms with van der Waals surface area (Å²) in [5, 5.41) is 2.95. The number of esters is 1. The van der Waals surface area contributed by atoms with Crippen molar-refractivity contribution < 1.29 is 38.1 Å². The highest BCUT2D eigenvalue weighted by Crippen LogP contribution is 2.29. The van der Waals surface area contributed by atoms with E-state index in [1.807, 2.05) is 39.0 Å². The Morgan fingerprint density at radius 2 is 1.66 bits per heavy atom. The van der Waals surface area contributed by atoms with Crippen LogP contribution in [0.4, 0.5) is 4.79 Å². The van der Waals surface area contributed by atoms with Crippen molar-refractivity contribution in [2.75, 3.05) is 54.1 Å². The van der Waals surface area contributed by atoms with Gasteiger partial charge in [0.25, 0.3) is 0 Å². The molecule has 2 heterocycles. The first kappa shape index (κ1) is 35.0. The predicted octanol–water partition coefficient (Wildman–Crippen LogP) is 4.21. The maximum atomic E-state index is 13.1. The van der Waals surface area contributed by atoms with Crippen LogP contribution in [0.25, 0.3) is 0 Å². The van der Waals surface area contributed by atoms with Gasteiger partial charge in [0.05, 0.1) is 33.2 Å². The minimum atomic E-state index is -0.514. The number of hydrogen-bond acceptors (Lipinski definition) is 8. The Hall–Kier alpha value is -3.50. The van der Waals surface area contributed by atoms with Crippen molar-refractivity contribution in [3.8, 4) is 11.5 Å². The summed E-state index contributed by atoms with van der Waals surface area (Å²) >= 11 is 0. The molecule has 3 rings (SSSR count). The van der Waals surface area contributed by atoms with Crippen molar-refractivity contribution in [3.63, 3.8) is 0 Å². The Morgan fingerprint density at radius 3 is 2.30 bits per heavy atom. The topological polar surface area (TPSA) is 124 Å². The molecular formula is C33H51N3O8. The maximum absolute atomic E-state index is 13.1. The molecule has 2 aliphatic heterocycles. The molecule has 0 aliphatic carbocycles. The van der Waals surface area contributed by atoms with Gasteiger partial charge in [-0.3, -0.25) is 14.4 Å². The third kappa shape index (κ3) is 10.6. The van der Waals surface area contributed by atoms with E-state index in [4.69, 9.17) is 18.9 Å². The van der Waals surface area contributed by atoms with Crippen LogP contribution in [0.5, 0.6) is 11.5 Å². The largest absolute Gasteiger partial charge is 0.493 e. The average molecular weight is 618 g/mol. The van der Waals surface area contributed by atoms with Crippen molar-refractivity contribution in [1.29, 1.82) is 0 Å². The number of nitrogens with zero attached hydrogens (tertiary/aromatic N) is 2. The molecule has 0 spiro atoms. The number of rotatable bonds is 12. The summed E-state index contributed by atoms with van der Waals surface area (Å²) in [6, 6.07) is 5.63. The zero-order valence-electron chi connectivity index (χ0n) is 27.3. The second-order valence-corrected chi connectivity index (χ2v) is 12.8. The summed E-state index contributed by atoms with van der Waals surface area (Å²) in [5.74, 6) is 0.381. The van der Waals surface area contributed by atoms with Gasteiger partial charge in [-0.05, 0) is 89.3 Å². The Kier molecular flexibility index (Phi) is 13.1. The lowest BCUT2D eigenvalue weighted by Crippen LogP contribution is -2.46. The summed E-state index contributed by atoms with van der Waals surface area (Å²) in [6.45, 7) is 8.07. The van der Waals surface area contributed by atoms with Gasteiger partial charge in [-0.15, -0.1) is 0 Å². The molecule has 0 radical (unpaired) electrons. The van der Waals surface area contributed by atoms with Gasteiger partial charge in [0.15, 0.2) is 11.5 Å². The Labute approximate surface area is 261 Å². The SMILES string of the molecule is COC(=O)[C@H](CCc1ccc(OC)c(OC)c1)CNC(=O)[C@@H]1CCCN(C(=O)CCC2CCN(C(=O)OC(C)(C)C)CC2)C1. The number of aryl methyl sites for hydroxylation is 1. The molecule has 0 saturated carbocycles. The van der Waals surface area contributed by atoms with E-state index in [9.17, 15) is 19.2 Å². The van der Waals surface area contributed by atoms with Crippen molar-refractivity contribution in [3.05, 3.63) is 23.8 Å². The van der Waals surface area contributed by atoms with Crippen LogP contribution in [0.1, 0.15) is 71.3 Å². The van der Waals surface area contributed by atoms with Crippen LogP contribution in [-0.4, -0.2) is 93.3 Å². The summed E-state index contributed by atoms with van der Waals surface area (Å²) < 4.78 is 21.2. The molecule has 3 amide bonds. The lowest BCUT2D eigenvalue weighted by molar-refractivity contribution is -0.145. The number of piperidine rings is 2. The number of likely N-dealkylation sites (tertiary alicyclic amines) is 2. The van der Waals surface area contributed by atoms with Gasteiger partial charge in [-0.1, -0.05) is 6.07 Å². The van der Waals surface area contributed by atoms with E-state index in [2.05, 4.69) is 5.32 Å². The van der Waals surface area contributed by atoms with Crippen molar-refractivity contribution in [2.45, 2.75) is 77.7 Å². The molecule has 0 bridgehead atoms. The molecule has 11 nitrogen and oxygen atoms in total. The van der Waals surface area contributed by atoms with E-state index in [1.165, 1.54) is 7.11 Å². The Bertz CT molecular complexity index is 1130. The summed E-state index contributed by atoms with van der Waals surface area (Å²) in [4.78, 5) is 54.6. The van der Waals surface area contributed by atoms with Crippen LogP contribution in [0, 0.1) is 17.8 Å². The quantitative estimate of drug-likeness (QED) is 0.346. The molecule has 1 aromatic carbocycles. The Morgan fingerprint density at radius 1 is 0.955 bits per heavy atom. The monoisotopic (exact) mass is 617 g/mol. The second-order valence-electron chi connectivity index (χ2n) is 12.8. The highest BCUT2D eigenvalue weighted by molar-refractivity contribution is 5.82. The molecule has 246 valence electrons. The van der Waals surface area contributed by atoms with Crippen LogP contribution in [-0.2, 0) is 30.3 Å². The third-order valence-electron chi connectivity index (χ3n) is 8.46. The first-order chi connectivity index (χ1) is 20.9. The number of benzene rings is 1. The van der Waals surface area contributed by atoms with Gasteiger partial charge < -0.3 is 34.1 Å². The van der Waals surface area contributed by atoms with Crippen LogP contribution in [0.3, 0.4) is 0 Å². The average Bonchev–Trinajstić information content (AvgIpc) is 3.02. The maximum Gasteiger partial charge on any atom is 0.410 e. The standard InChI is InChI=1S/C33H51N3O8/c1-33(2,3)44-32(40)35-18-15-23(16-19-35)11-14-29(37)36-17-7-8-26(22-36)30(38)34-21-25(31(39)43-6)12-9-24-10-13-27(41-4)28(20-24)42-5/h10,13,20,23,25-26H,7-9,11-12,14-19,21-22H2,1-6H3,(H,34,38)/t25-,26-/m1/s1. The fourth-order valence-electron chi connectivity index (χ4n) is 5.85. The number of methoxy groups -OCH3 is 3. The van der Waals surface area contributed by atoms with Crippen LogP contribution >= 0.6 is 0 Å². The third-order valence-corrected chi connectivity index (χ3v) is 8.46. The molecule has 2 aliphatic rings. The molecule has 2 atom stereocenters. The number of nitrogens with one attached hydrogen (secondary N) is 1. The lowest BCUT2D eigenvalue weighted by Gasteiger charge is -2.34. The lowest BCUT2D eigenvalue weighted by atomic mass is 9.91. The van der Waals surface area contributed by atoms with E-state index in [1.54, 1.807) is 24.0 Å². The van der Waals surface area contributed by atoms with Gasteiger partial charge in [0, 0.05) is 39.1 Å². The smallest absolute Gasteiger partial charge is 0.410 e. The number of amides is 3. The summed E-state index contributed by atoms with van der Waals surface area (Å²) in [6.07, 6.45) is 5.19. The van der Waals surface area contributed by atoms with Gasteiger partial charge in [-0.2, -0.15) is 0 Å². The van der Waals surface area contributed by atoms with E-state index in [0.29, 0.717) is 69.3 Å². The molecule has 44 heavy (non-hydrogen) atoms. The summed E-state index contributed by atoms with van der Waals surface area (Å²) in [7, 11) is 4.51. The molecule has 0 unspecified atom stereocenters. The first-order valence-electron chi connectivity index (χ1n) is 15.8. The van der Waals surface area contributed by atoms with Crippen LogP contribution in [0.15, 0.2) is 18.2 Å². The van der Waals surface area contributed by atoms with E-state index < -0.39 is 11.5 Å². The Balaban J connectivity index is 1.43. The molecule has 11 heteroatoms. The van der Waals surface area contributed by atoms with Gasteiger partial charge in [-0.25, -0.2) is 4.79 Å². The fraction of sp³-hybridized carbons (Fsp3) is 0.697. The van der Waals surface area contributed by atoms with Crippen LogP contribution < -0.4 is 14.8 Å². The van der Waals surface area contributed by atoms with Crippen molar-refractivity contribution >= 4 is 23.9 Å². The second kappa shape index (κ2) is 16.5. The van der Waals surface area contributed by atoms with E-state index >= 15 is 0 Å². The number of ether oxygens (including phenoxy) is 4. The van der Waals surface area contributed by atoms with Crippen molar-refractivity contribution in [2.24, 2.45) is 17.8 Å². The first-order valence-corrected chi connectivity index (χ1v) is 15.8. The van der Waals surface area contributed by atoms with E-state index in [-0.39, 0.29) is 36.3 Å². The van der Waals surface area contributed by atoms with Crippen molar-refractivity contribution in [1.82, 2.24) is 15.1 Å². The highest BCUT2D eigenvalue weighted by atomic mass is 16.6. The fourth-order valence-corrected chi connectivity index (χ4v) is 5.85. The highest BCUT2D eigenvalue weighted by Gasteiger charge is 2.31. The minimum absolute atomic E-state index is 0.0689. The molecule has 0 aromatic heterocycles. The molecule has 1 N–H and O–H groups in total. The summed E-state index contributed by atoms with van der Waals surface area (Å²) in [5.41, 5.74) is 0.470. The molecule has 2 fully saturated rings. The van der Waals surface area contributed by atoms with Crippen LogP contribution in [0.2, 0.25) is 0 Å². The minimum Gasteiger partial charge on any atom is -0.493 e. The number of carbonyl (C=O) groups excluding carboxylic acids is 4. The van der Waals surface area contributed by atoms with Gasteiger partial charge in [0.2, 0.25) is 11.8 Å². The normalized spacial score (nSPS) is 18.3. The number of hydrogen-bond donors (Lipinski definition) is 1. The predicted molar refractivity (Wildman–Crippen MR) is 165 cm³/mol. The zero-order chi connectivity index (χ0) is 32.3. The van der Waals surface area contributed by atoms with E-state index in [0.717, 1.165) is 31.2 Å². The zero-order valence-corrected chi connectivity index (χ0v) is 27.3. The molecule has 2 saturated heterocycles. The van der Waals surface area contributed by atoms with Gasteiger partial charge >= 0.3 is 12.1 Å².